The van der Waals surface area contributed by atoms with E-state index in [0.717, 1.165) is 18.7 Å². The summed E-state index contributed by atoms with van der Waals surface area (Å²) in [6.45, 7) is 0. The van der Waals surface area contributed by atoms with E-state index in [1.807, 2.05) is 13.1 Å². The first-order valence-electron chi connectivity index (χ1n) is 5.63. The maximum atomic E-state index is 11.6. The van der Waals surface area contributed by atoms with Crippen LogP contribution < -0.4 is 5.32 Å². The molecular formula is C13H14N2O. The molecule has 1 aliphatic rings. The number of benzene rings is 1. The number of rotatable bonds is 0. The summed E-state index contributed by atoms with van der Waals surface area (Å²) in [6.07, 6.45) is 2.55. The average Bonchev–Trinajstić information content (AvgIpc) is 2.47. The Bertz CT molecular complexity index is 569. The number of carbonyl (C=O) groups excluding carboxylic acids is 1. The molecule has 0 radical (unpaired) electrons. The van der Waals surface area contributed by atoms with E-state index in [1.165, 1.54) is 16.5 Å². The number of anilines is 1. The number of para-hydroxylation sites is 1. The molecule has 0 saturated carbocycles. The molecule has 1 aromatic carbocycles. The van der Waals surface area contributed by atoms with E-state index >= 15 is 0 Å². The summed E-state index contributed by atoms with van der Waals surface area (Å²) in [5, 5.41) is 4.27. The van der Waals surface area contributed by atoms with Crippen LogP contribution in [-0.2, 0) is 18.3 Å². The lowest BCUT2D eigenvalue weighted by Gasteiger charge is -2.05. The van der Waals surface area contributed by atoms with Gasteiger partial charge < -0.3 is 9.88 Å². The van der Waals surface area contributed by atoms with Gasteiger partial charge in [-0.1, -0.05) is 18.2 Å². The Morgan fingerprint density at radius 1 is 1.25 bits per heavy atom. The maximum Gasteiger partial charge on any atom is 0.225 e. The zero-order valence-corrected chi connectivity index (χ0v) is 9.29. The molecule has 2 heterocycles. The molecule has 2 aromatic rings. The number of carbonyl (C=O) groups is 1. The summed E-state index contributed by atoms with van der Waals surface area (Å²) in [5.41, 5.74) is 2.47. The Labute approximate surface area is 94.1 Å². The van der Waals surface area contributed by atoms with Crippen molar-refractivity contribution in [2.75, 3.05) is 5.32 Å². The van der Waals surface area contributed by atoms with Gasteiger partial charge in [0, 0.05) is 29.9 Å². The monoisotopic (exact) mass is 214 g/mol. The molecule has 3 heteroatoms. The second kappa shape index (κ2) is 3.37. The summed E-state index contributed by atoms with van der Waals surface area (Å²) < 4.78 is 2.08. The predicted octanol–water partition coefficient (Wildman–Crippen LogP) is 2.45. The standard InChI is InChI=1S/C13H14N2O/c1-15-11-7-3-2-5-9(11)10-6-4-8-12(16)14-13(10)15/h2-3,5,7H,4,6,8H2,1H3,(H,14,16). The van der Waals surface area contributed by atoms with Gasteiger partial charge in [0.2, 0.25) is 5.91 Å². The van der Waals surface area contributed by atoms with Gasteiger partial charge in [-0.2, -0.15) is 0 Å². The number of hydrogen-bond donors (Lipinski definition) is 1. The largest absolute Gasteiger partial charge is 0.330 e. The van der Waals surface area contributed by atoms with E-state index in [-0.39, 0.29) is 5.91 Å². The summed E-state index contributed by atoms with van der Waals surface area (Å²) in [4.78, 5) is 11.6. The molecule has 1 amide bonds. The number of fused-ring (bicyclic) bond motifs is 3. The Kier molecular flexibility index (Phi) is 1.99. The van der Waals surface area contributed by atoms with Crippen LogP contribution >= 0.6 is 0 Å². The van der Waals surface area contributed by atoms with Gasteiger partial charge in [0.05, 0.1) is 0 Å². The smallest absolute Gasteiger partial charge is 0.225 e. The molecule has 1 aliphatic heterocycles. The Balaban J connectivity index is 2.31. The van der Waals surface area contributed by atoms with Crippen molar-refractivity contribution >= 4 is 22.6 Å². The first kappa shape index (κ1) is 9.46. The molecule has 1 aromatic heterocycles. The molecule has 82 valence electrons. The van der Waals surface area contributed by atoms with Crippen LogP contribution in [0.3, 0.4) is 0 Å². The first-order chi connectivity index (χ1) is 7.77. The van der Waals surface area contributed by atoms with Crippen LogP contribution in [0.2, 0.25) is 0 Å². The maximum absolute atomic E-state index is 11.6. The lowest BCUT2D eigenvalue weighted by molar-refractivity contribution is -0.116. The lowest BCUT2D eigenvalue weighted by Crippen LogP contribution is -2.12. The molecular weight excluding hydrogens is 200 g/mol. The highest BCUT2D eigenvalue weighted by atomic mass is 16.1. The molecule has 0 atom stereocenters. The molecule has 0 unspecified atom stereocenters. The minimum atomic E-state index is 0.129. The zero-order valence-electron chi connectivity index (χ0n) is 9.29. The molecule has 1 N–H and O–H groups in total. The number of aryl methyl sites for hydroxylation is 2. The summed E-state index contributed by atoms with van der Waals surface area (Å²) >= 11 is 0. The summed E-state index contributed by atoms with van der Waals surface area (Å²) in [6, 6.07) is 8.31. The van der Waals surface area contributed by atoms with Crippen molar-refractivity contribution in [3.05, 3.63) is 29.8 Å². The van der Waals surface area contributed by atoms with Crippen molar-refractivity contribution in [2.45, 2.75) is 19.3 Å². The van der Waals surface area contributed by atoms with Gasteiger partial charge in [-0.05, 0) is 18.9 Å². The predicted molar refractivity (Wildman–Crippen MR) is 64.5 cm³/mol. The van der Waals surface area contributed by atoms with Gasteiger partial charge in [0.25, 0.3) is 0 Å². The van der Waals surface area contributed by atoms with Gasteiger partial charge in [-0.3, -0.25) is 4.79 Å². The minimum absolute atomic E-state index is 0.129. The van der Waals surface area contributed by atoms with Crippen molar-refractivity contribution in [1.29, 1.82) is 0 Å². The fraction of sp³-hybridized carbons (Fsp3) is 0.308. The Hall–Kier alpha value is -1.77. The van der Waals surface area contributed by atoms with E-state index in [0.29, 0.717) is 6.42 Å². The normalized spacial score (nSPS) is 15.7. The zero-order chi connectivity index (χ0) is 11.1. The molecule has 3 rings (SSSR count). The topological polar surface area (TPSA) is 34.0 Å². The lowest BCUT2D eigenvalue weighted by atomic mass is 10.1. The third-order valence-corrected chi connectivity index (χ3v) is 3.30. The van der Waals surface area contributed by atoms with Crippen molar-refractivity contribution in [3.63, 3.8) is 0 Å². The van der Waals surface area contributed by atoms with Crippen molar-refractivity contribution in [3.8, 4) is 0 Å². The van der Waals surface area contributed by atoms with Crippen molar-refractivity contribution in [1.82, 2.24) is 4.57 Å². The second-order valence-electron chi connectivity index (χ2n) is 4.31. The SMILES string of the molecule is Cn1c2c(c3ccccc31)CCCC(=O)N2. The molecule has 0 fully saturated rings. The van der Waals surface area contributed by atoms with E-state index in [4.69, 9.17) is 0 Å². The highest BCUT2D eigenvalue weighted by Gasteiger charge is 2.19. The number of nitrogens with one attached hydrogen (secondary N) is 1. The summed E-state index contributed by atoms with van der Waals surface area (Å²) in [5.74, 6) is 1.10. The van der Waals surface area contributed by atoms with Crippen LogP contribution in [0.25, 0.3) is 10.9 Å². The van der Waals surface area contributed by atoms with Crippen LogP contribution in [0.4, 0.5) is 5.82 Å². The quantitative estimate of drug-likeness (QED) is 0.718. The fourth-order valence-electron chi connectivity index (χ4n) is 2.50. The number of amides is 1. The minimum Gasteiger partial charge on any atom is -0.330 e. The molecule has 0 bridgehead atoms. The highest BCUT2D eigenvalue weighted by molar-refractivity contribution is 5.98. The molecule has 16 heavy (non-hydrogen) atoms. The number of aromatic nitrogens is 1. The molecule has 3 nitrogen and oxygen atoms in total. The van der Waals surface area contributed by atoms with E-state index in [9.17, 15) is 4.79 Å². The molecule has 0 spiro atoms. The van der Waals surface area contributed by atoms with Gasteiger partial charge in [0.1, 0.15) is 5.82 Å². The second-order valence-corrected chi connectivity index (χ2v) is 4.31. The van der Waals surface area contributed by atoms with Crippen LogP contribution in [0.15, 0.2) is 24.3 Å². The van der Waals surface area contributed by atoms with Gasteiger partial charge >= 0.3 is 0 Å². The van der Waals surface area contributed by atoms with E-state index in [2.05, 4.69) is 28.1 Å². The van der Waals surface area contributed by atoms with Crippen molar-refractivity contribution < 1.29 is 4.79 Å². The van der Waals surface area contributed by atoms with Crippen LogP contribution in [0.1, 0.15) is 18.4 Å². The third-order valence-electron chi connectivity index (χ3n) is 3.30. The molecule has 0 aliphatic carbocycles. The number of nitrogens with zero attached hydrogens (tertiary/aromatic N) is 1. The van der Waals surface area contributed by atoms with Crippen molar-refractivity contribution in [2.24, 2.45) is 7.05 Å². The fourth-order valence-corrected chi connectivity index (χ4v) is 2.50. The van der Waals surface area contributed by atoms with Crippen LogP contribution in [-0.4, -0.2) is 10.5 Å². The van der Waals surface area contributed by atoms with Gasteiger partial charge in [-0.15, -0.1) is 0 Å². The highest BCUT2D eigenvalue weighted by Crippen LogP contribution is 2.32. The van der Waals surface area contributed by atoms with E-state index in [1.54, 1.807) is 0 Å². The van der Waals surface area contributed by atoms with Crippen LogP contribution in [0, 0.1) is 0 Å². The Morgan fingerprint density at radius 3 is 2.94 bits per heavy atom. The Morgan fingerprint density at radius 2 is 2.06 bits per heavy atom. The van der Waals surface area contributed by atoms with Gasteiger partial charge in [-0.25, -0.2) is 0 Å². The summed E-state index contributed by atoms with van der Waals surface area (Å²) in [7, 11) is 2.01. The third kappa shape index (κ3) is 1.24. The first-order valence-corrected chi connectivity index (χ1v) is 5.63. The van der Waals surface area contributed by atoms with E-state index < -0.39 is 0 Å². The van der Waals surface area contributed by atoms with Crippen LogP contribution in [0.5, 0.6) is 0 Å². The average molecular weight is 214 g/mol. The molecule has 0 saturated heterocycles. The van der Waals surface area contributed by atoms with Gasteiger partial charge in [0.15, 0.2) is 0 Å². The number of hydrogen-bond acceptors (Lipinski definition) is 1.